The minimum absolute atomic E-state index is 0.240. The molecule has 0 bridgehead atoms. The summed E-state index contributed by atoms with van der Waals surface area (Å²) in [6, 6.07) is 6.34. The molecule has 1 aliphatic carbocycles. The van der Waals surface area contributed by atoms with Crippen molar-refractivity contribution in [1.29, 1.82) is 0 Å². The van der Waals surface area contributed by atoms with Gasteiger partial charge in [-0.3, -0.25) is 10.1 Å². The Morgan fingerprint density at radius 2 is 2.05 bits per heavy atom. The first-order valence-corrected chi connectivity index (χ1v) is 7.28. The summed E-state index contributed by atoms with van der Waals surface area (Å²) in [7, 11) is 1.41. The number of benzene rings is 1. The van der Waals surface area contributed by atoms with Crippen LogP contribution < -0.4 is 10.1 Å². The van der Waals surface area contributed by atoms with E-state index in [0.717, 1.165) is 12.8 Å². The molecule has 0 amide bonds. The van der Waals surface area contributed by atoms with E-state index in [9.17, 15) is 9.18 Å². The molecule has 5 heteroatoms. The van der Waals surface area contributed by atoms with Crippen molar-refractivity contribution in [2.24, 2.45) is 0 Å². The molecule has 0 aliphatic heterocycles. The summed E-state index contributed by atoms with van der Waals surface area (Å²) in [6.45, 7) is 2.35. The average molecular weight is 295 g/mol. The highest BCUT2D eigenvalue weighted by Crippen LogP contribution is 2.25. The maximum atomic E-state index is 12.8. The summed E-state index contributed by atoms with van der Waals surface area (Å²) in [4.78, 5) is 11.9. The van der Waals surface area contributed by atoms with Crippen LogP contribution in [0.1, 0.15) is 32.6 Å². The van der Waals surface area contributed by atoms with E-state index >= 15 is 0 Å². The van der Waals surface area contributed by atoms with E-state index in [2.05, 4.69) is 5.32 Å². The molecule has 21 heavy (non-hydrogen) atoms. The van der Waals surface area contributed by atoms with Crippen molar-refractivity contribution in [3.8, 4) is 5.75 Å². The molecule has 1 unspecified atom stereocenters. The van der Waals surface area contributed by atoms with Gasteiger partial charge >= 0.3 is 5.97 Å². The van der Waals surface area contributed by atoms with Crippen LogP contribution in [0.2, 0.25) is 0 Å². The van der Waals surface area contributed by atoms with Gasteiger partial charge < -0.3 is 9.47 Å². The third kappa shape index (κ3) is 4.70. The Balaban J connectivity index is 1.78. The quantitative estimate of drug-likeness (QED) is 0.591. The molecule has 1 saturated carbocycles. The molecule has 1 fully saturated rings. The van der Waals surface area contributed by atoms with Crippen LogP contribution in [0.5, 0.6) is 5.75 Å². The third-order valence-corrected chi connectivity index (χ3v) is 3.64. The average Bonchev–Trinajstić information content (AvgIpc) is 3.28. The van der Waals surface area contributed by atoms with Crippen molar-refractivity contribution in [1.82, 2.24) is 5.32 Å². The van der Waals surface area contributed by atoms with E-state index in [1.807, 2.05) is 6.92 Å². The van der Waals surface area contributed by atoms with E-state index < -0.39 is 5.54 Å². The number of hydrogen-bond donors (Lipinski definition) is 1. The Morgan fingerprint density at radius 1 is 1.38 bits per heavy atom. The van der Waals surface area contributed by atoms with Gasteiger partial charge in [0.2, 0.25) is 0 Å². The molecule has 0 heterocycles. The minimum Gasteiger partial charge on any atom is -0.494 e. The number of carbonyl (C=O) groups excluding carboxylic acids is 1. The molecule has 1 N–H and O–H groups in total. The smallest absolute Gasteiger partial charge is 0.325 e. The lowest BCUT2D eigenvalue weighted by molar-refractivity contribution is -0.148. The zero-order chi connectivity index (χ0) is 15.3. The van der Waals surface area contributed by atoms with E-state index in [1.165, 1.54) is 19.2 Å². The number of halogens is 1. The molecule has 1 atom stereocenters. The van der Waals surface area contributed by atoms with Gasteiger partial charge in [0.25, 0.3) is 0 Å². The van der Waals surface area contributed by atoms with Gasteiger partial charge in [0.1, 0.15) is 17.1 Å². The van der Waals surface area contributed by atoms with Gasteiger partial charge in [0, 0.05) is 6.04 Å². The zero-order valence-corrected chi connectivity index (χ0v) is 12.5. The first kappa shape index (κ1) is 15.8. The largest absolute Gasteiger partial charge is 0.494 e. The lowest BCUT2D eigenvalue weighted by Crippen LogP contribution is -2.51. The van der Waals surface area contributed by atoms with Crippen LogP contribution in [0.25, 0.3) is 0 Å². The second-order valence-corrected chi connectivity index (χ2v) is 5.65. The Morgan fingerprint density at radius 3 is 2.62 bits per heavy atom. The number of nitrogens with one attached hydrogen (secondary N) is 1. The van der Waals surface area contributed by atoms with E-state index in [-0.39, 0.29) is 11.8 Å². The molecule has 0 aromatic heterocycles. The number of rotatable bonds is 8. The predicted octanol–water partition coefficient (Wildman–Crippen LogP) is 2.67. The molecule has 0 spiro atoms. The van der Waals surface area contributed by atoms with Gasteiger partial charge in [0.05, 0.1) is 13.7 Å². The number of esters is 1. The van der Waals surface area contributed by atoms with Crippen LogP contribution in [0, 0.1) is 5.82 Å². The number of carbonyl (C=O) groups is 1. The summed E-state index contributed by atoms with van der Waals surface area (Å²) in [5.41, 5.74) is -0.665. The van der Waals surface area contributed by atoms with E-state index in [4.69, 9.17) is 9.47 Å². The number of ether oxygens (including phenoxy) is 2. The lowest BCUT2D eigenvalue weighted by atomic mass is 9.96. The first-order chi connectivity index (χ1) is 10.0. The summed E-state index contributed by atoms with van der Waals surface area (Å²) in [5, 5.41) is 3.34. The van der Waals surface area contributed by atoms with E-state index in [0.29, 0.717) is 31.2 Å². The second-order valence-electron chi connectivity index (χ2n) is 5.65. The van der Waals surface area contributed by atoms with Gasteiger partial charge in [-0.1, -0.05) is 0 Å². The maximum absolute atomic E-state index is 12.8. The van der Waals surface area contributed by atoms with E-state index in [1.54, 1.807) is 12.1 Å². The lowest BCUT2D eigenvalue weighted by Gasteiger charge is -2.28. The van der Waals surface area contributed by atoms with Crippen LogP contribution in [0.4, 0.5) is 4.39 Å². The van der Waals surface area contributed by atoms with Crippen molar-refractivity contribution >= 4 is 5.97 Å². The summed E-state index contributed by atoms with van der Waals surface area (Å²) >= 11 is 0. The molecule has 1 aromatic rings. The normalized spacial score (nSPS) is 17.1. The van der Waals surface area contributed by atoms with Crippen LogP contribution >= 0.6 is 0 Å². The van der Waals surface area contributed by atoms with Crippen molar-refractivity contribution in [2.75, 3.05) is 13.7 Å². The summed E-state index contributed by atoms with van der Waals surface area (Å²) < 4.78 is 23.2. The summed E-state index contributed by atoms with van der Waals surface area (Å²) in [6.07, 6.45) is 3.57. The molecular formula is C16H22FNO3. The molecule has 0 saturated heterocycles. The molecule has 2 rings (SSSR count). The highest BCUT2D eigenvalue weighted by Gasteiger charge is 2.38. The standard InChI is InChI=1S/C16H22FNO3/c1-16(15(19)20-2,18-13-6-7-13)10-3-11-21-14-8-4-12(17)5-9-14/h4-5,8-9,13,18H,3,6-7,10-11H2,1-2H3. The van der Waals surface area contributed by atoms with Crippen LogP contribution in [0.15, 0.2) is 24.3 Å². The van der Waals surface area contributed by atoms with Crippen molar-refractivity contribution < 1.29 is 18.7 Å². The number of methoxy groups -OCH3 is 1. The Hall–Kier alpha value is -1.62. The fourth-order valence-corrected chi connectivity index (χ4v) is 2.28. The predicted molar refractivity (Wildman–Crippen MR) is 77.7 cm³/mol. The SMILES string of the molecule is COC(=O)C(C)(CCCOc1ccc(F)cc1)NC1CC1. The summed E-state index contributed by atoms with van der Waals surface area (Å²) in [5.74, 6) is 0.108. The topological polar surface area (TPSA) is 47.6 Å². The van der Waals surface area contributed by atoms with Crippen LogP contribution in [0.3, 0.4) is 0 Å². The van der Waals surface area contributed by atoms with Crippen LogP contribution in [-0.4, -0.2) is 31.3 Å². The van der Waals surface area contributed by atoms with Crippen LogP contribution in [-0.2, 0) is 9.53 Å². The molecule has 0 radical (unpaired) electrons. The van der Waals surface area contributed by atoms with Crippen molar-refractivity contribution in [3.63, 3.8) is 0 Å². The van der Waals surface area contributed by atoms with Gasteiger partial charge in [-0.05, 0) is 56.9 Å². The van der Waals surface area contributed by atoms with Crippen molar-refractivity contribution in [2.45, 2.75) is 44.2 Å². The third-order valence-electron chi connectivity index (χ3n) is 3.64. The monoisotopic (exact) mass is 295 g/mol. The molecule has 1 aliphatic rings. The fraction of sp³-hybridized carbons (Fsp3) is 0.562. The molecular weight excluding hydrogens is 273 g/mol. The van der Waals surface area contributed by atoms with Gasteiger partial charge in [-0.2, -0.15) is 0 Å². The van der Waals surface area contributed by atoms with Gasteiger partial charge in [0.15, 0.2) is 0 Å². The highest BCUT2D eigenvalue weighted by atomic mass is 19.1. The molecule has 4 nitrogen and oxygen atoms in total. The Bertz CT molecular complexity index is 473. The maximum Gasteiger partial charge on any atom is 0.325 e. The first-order valence-electron chi connectivity index (χ1n) is 7.28. The van der Waals surface area contributed by atoms with Crippen molar-refractivity contribution in [3.05, 3.63) is 30.1 Å². The highest BCUT2D eigenvalue weighted by molar-refractivity contribution is 5.80. The Labute approximate surface area is 124 Å². The zero-order valence-electron chi connectivity index (χ0n) is 12.5. The van der Waals surface area contributed by atoms with Gasteiger partial charge in [-0.25, -0.2) is 4.39 Å². The molecule has 1 aromatic carbocycles. The minimum atomic E-state index is -0.665. The van der Waals surface area contributed by atoms with Gasteiger partial charge in [-0.15, -0.1) is 0 Å². The Kier molecular flexibility index (Phi) is 5.17. The second kappa shape index (κ2) is 6.89. The number of hydrogen-bond acceptors (Lipinski definition) is 4. The fourth-order valence-electron chi connectivity index (χ4n) is 2.28. The molecule has 116 valence electrons.